The van der Waals surface area contributed by atoms with E-state index in [9.17, 15) is 35.9 Å². The van der Waals surface area contributed by atoms with Crippen LogP contribution < -0.4 is 21.5 Å². The number of carbonyl (C=O) groups is 2. The first-order valence-corrected chi connectivity index (χ1v) is 14.4. The summed E-state index contributed by atoms with van der Waals surface area (Å²) in [6, 6.07) is 18.7. The number of hydrogen-bond donors (Lipinski definition) is 4. The SMILES string of the molecule is C[C@@H](OC[C@@]1(c2ccccc2)CC[C@H](NC(=O)NNC(=O)COCc2ccccc2)CN1)c1cc(C(F)(F)F)cc(C(F)(F)F)c1. The van der Waals surface area contributed by atoms with E-state index < -0.39 is 47.1 Å². The highest BCUT2D eigenvalue weighted by molar-refractivity contribution is 5.81. The van der Waals surface area contributed by atoms with E-state index in [-0.39, 0.29) is 44.0 Å². The zero-order valence-electron chi connectivity index (χ0n) is 24.8. The number of amides is 3. The Labute approximate surface area is 261 Å². The molecule has 4 N–H and O–H groups in total. The van der Waals surface area contributed by atoms with Crippen LogP contribution in [-0.2, 0) is 38.8 Å². The third-order valence-electron chi connectivity index (χ3n) is 7.59. The first-order chi connectivity index (χ1) is 21.7. The van der Waals surface area contributed by atoms with Gasteiger partial charge in [0.2, 0.25) is 0 Å². The quantitative estimate of drug-likeness (QED) is 0.159. The second-order valence-electron chi connectivity index (χ2n) is 11.0. The summed E-state index contributed by atoms with van der Waals surface area (Å²) in [6.07, 6.45) is -10.2. The van der Waals surface area contributed by atoms with Gasteiger partial charge in [0.1, 0.15) is 6.61 Å². The number of hydrazine groups is 1. The molecule has 248 valence electrons. The Hall–Kier alpha value is -4.14. The minimum Gasteiger partial charge on any atom is -0.372 e. The largest absolute Gasteiger partial charge is 0.416 e. The summed E-state index contributed by atoms with van der Waals surface area (Å²) in [6.45, 7) is 1.54. The Bertz CT molecular complexity index is 1410. The van der Waals surface area contributed by atoms with Gasteiger partial charge in [0.25, 0.3) is 5.91 Å². The van der Waals surface area contributed by atoms with Gasteiger partial charge >= 0.3 is 18.4 Å². The van der Waals surface area contributed by atoms with E-state index in [0.717, 1.165) is 11.1 Å². The van der Waals surface area contributed by atoms with E-state index >= 15 is 0 Å². The number of rotatable bonds is 10. The molecule has 3 aromatic rings. The lowest BCUT2D eigenvalue weighted by Crippen LogP contribution is -2.59. The third kappa shape index (κ3) is 9.68. The predicted octanol–water partition coefficient (Wildman–Crippen LogP) is 6.00. The van der Waals surface area contributed by atoms with Crippen LogP contribution in [0.5, 0.6) is 0 Å². The van der Waals surface area contributed by atoms with Crippen molar-refractivity contribution in [2.24, 2.45) is 0 Å². The second-order valence-corrected chi connectivity index (χ2v) is 11.0. The smallest absolute Gasteiger partial charge is 0.372 e. The van der Waals surface area contributed by atoms with E-state index in [2.05, 4.69) is 21.5 Å². The lowest BCUT2D eigenvalue weighted by atomic mass is 9.81. The molecule has 0 aromatic heterocycles. The average molecular weight is 653 g/mol. The maximum atomic E-state index is 13.4. The minimum absolute atomic E-state index is 0.0757. The fourth-order valence-electron chi connectivity index (χ4n) is 5.06. The normalized spacial score (nSPS) is 19.2. The van der Waals surface area contributed by atoms with Gasteiger partial charge in [0.05, 0.1) is 36.0 Å². The predicted molar refractivity (Wildman–Crippen MR) is 156 cm³/mol. The van der Waals surface area contributed by atoms with Gasteiger partial charge in [-0.2, -0.15) is 26.3 Å². The molecule has 1 aliphatic heterocycles. The monoisotopic (exact) mass is 652 g/mol. The summed E-state index contributed by atoms with van der Waals surface area (Å²) < 4.78 is 91.7. The van der Waals surface area contributed by atoms with Gasteiger partial charge in [-0.25, -0.2) is 10.2 Å². The Morgan fingerprint density at radius 3 is 2.09 bits per heavy atom. The van der Waals surface area contributed by atoms with E-state index in [1.807, 2.05) is 42.5 Å². The summed E-state index contributed by atoms with van der Waals surface area (Å²) in [5.74, 6) is -0.551. The van der Waals surface area contributed by atoms with Gasteiger partial charge < -0.3 is 20.1 Å². The number of hydrogen-bond acceptors (Lipinski definition) is 5. The zero-order valence-corrected chi connectivity index (χ0v) is 24.8. The summed E-state index contributed by atoms with van der Waals surface area (Å²) >= 11 is 0. The molecule has 1 heterocycles. The zero-order chi connectivity index (χ0) is 33.4. The molecule has 3 aromatic carbocycles. The highest BCUT2D eigenvalue weighted by Gasteiger charge is 2.39. The molecular formula is C32H34F6N4O4. The lowest BCUT2D eigenvalue weighted by Gasteiger charge is -2.42. The number of urea groups is 1. The summed E-state index contributed by atoms with van der Waals surface area (Å²) in [7, 11) is 0. The molecule has 46 heavy (non-hydrogen) atoms. The molecule has 4 rings (SSSR count). The molecule has 8 nitrogen and oxygen atoms in total. The molecule has 3 atom stereocenters. The van der Waals surface area contributed by atoms with Crippen LogP contribution in [0.15, 0.2) is 78.9 Å². The van der Waals surface area contributed by atoms with Crippen LogP contribution in [0.2, 0.25) is 0 Å². The molecule has 0 spiro atoms. The van der Waals surface area contributed by atoms with E-state index in [1.165, 1.54) is 6.92 Å². The van der Waals surface area contributed by atoms with Crippen molar-refractivity contribution in [2.45, 2.75) is 56.4 Å². The first-order valence-electron chi connectivity index (χ1n) is 14.4. The Balaban J connectivity index is 1.33. The highest BCUT2D eigenvalue weighted by atomic mass is 19.4. The number of alkyl halides is 6. The number of halogens is 6. The van der Waals surface area contributed by atoms with Crippen molar-refractivity contribution in [3.63, 3.8) is 0 Å². The van der Waals surface area contributed by atoms with Crippen molar-refractivity contribution in [2.75, 3.05) is 19.8 Å². The van der Waals surface area contributed by atoms with Crippen molar-refractivity contribution in [3.05, 3.63) is 107 Å². The van der Waals surface area contributed by atoms with Crippen molar-refractivity contribution in [1.82, 2.24) is 21.5 Å². The molecule has 0 saturated carbocycles. The van der Waals surface area contributed by atoms with Crippen LogP contribution in [0.25, 0.3) is 0 Å². The van der Waals surface area contributed by atoms with Gasteiger partial charge in [-0.05, 0) is 54.7 Å². The summed E-state index contributed by atoms with van der Waals surface area (Å²) in [5, 5.41) is 6.11. The summed E-state index contributed by atoms with van der Waals surface area (Å²) in [4.78, 5) is 24.4. The van der Waals surface area contributed by atoms with E-state index in [4.69, 9.17) is 9.47 Å². The number of carbonyl (C=O) groups excluding carboxylic acids is 2. The molecular weight excluding hydrogens is 618 g/mol. The summed E-state index contributed by atoms with van der Waals surface area (Å²) in [5.41, 5.74) is 2.31. The second kappa shape index (κ2) is 15.0. The molecule has 3 amide bonds. The molecule has 0 radical (unpaired) electrons. The maximum Gasteiger partial charge on any atom is 0.416 e. The molecule has 0 aliphatic carbocycles. The van der Waals surface area contributed by atoms with Gasteiger partial charge in [-0.15, -0.1) is 0 Å². The Kier molecular flexibility index (Phi) is 11.3. The standard InChI is InChI=1S/C32H34F6N4O4/c1-21(23-14-25(31(33,34)35)16-26(15-23)32(36,37)38)46-20-30(24-10-6-3-7-11-24)13-12-27(17-39-30)40-29(44)42-41-28(43)19-45-18-22-8-4-2-5-9-22/h2-11,14-16,21,27,39H,12-13,17-20H2,1H3,(H,41,43)(H2,40,42,44)/t21-,27+,30-/m1/s1. The van der Waals surface area contributed by atoms with Crippen molar-refractivity contribution >= 4 is 11.9 Å². The Morgan fingerprint density at radius 1 is 0.913 bits per heavy atom. The van der Waals surface area contributed by atoms with Gasteiger partial charge in [-0.3, -0.25) is 10.2 Å². The number of benzene rings is 3. The highest BCUT2D eigenvalue weighted by Crippen LogP contribution is 2.39. The van der Waals surface area contributed by atoms with Gasteiger partial charge in [0.15, 0.2) is 0 Å². The van der Waals surface area contributed by atoms with Crippen LogP contribution in [0.4, 0.5) is 31.1 Å². The average Bonchev–Trinajstić information content (AvgIpc) is 3.03. The van der Waals surface area contributed by atoms with Crippen LogP contribution in [-0.4, -0.2) is 37.7 Å². The van der Waals surface area contributed by atoms with Crippen LogP contribution >= 0.6 is 0 Å². The lowest BCUT2D eigenvalue weighted by molar-refractivity contribution is -0.143. The molecule has 0 bridgehead atoms. The van der Waals surface area contributed by atoms with Crippen molar-refractivity contribution in [1.29, 1.82) is 0 Å². The molecule has 1 fully saturated rings. The van der Waals surface area contributed by atoms with Crippen LogP contribution in [0.1, 0.15) is 53.7 Å². The maximum absolute atomic E-state index is 13.4. The topological polar surface area (TPSA) is 101 Å². The fraction of sp³-hybridized carbons (Fsp3) is 0.375. The van der Waals surface area contributed by atoms with Crippen molar-refractivity contribution in [3.8, 4) is 0 Å². The van der Waals surface area contributed by atoms with Crippen LogP contribution in [0.3, 0.4) is 0 Å². The van der Waals surface area contributed by atoms with Gasteiger partial charge in [0, 0.05) is 12.6 Å². The molecule has 0 unspecified atom stereocenters. The Morgan fingerprint density at radius 2 is 1.52 bits per heavy atom. The van der Waals surface area contributed by atoms with Crippen LogP contribution in [0, 0.1) is 0 Å². The third-order valence-corrected chi connectivity index (χ3v) is 7.59. The number of ether oxygens (including phenoxy) is 2. The molecule has 14 heteroatoms. The van der Waals surface area contributed by atoms with E-state index in [1.54, 1.807) is 18.2 Å². The fourth-order valence-corrected chi connectivity index (χ4v) is 5.06. The first kappa shape index (κ1) is 34.7. The number of piperidine rings is 1. The van der Waals surface area contributed by atoms with Crippen molar-refractivity contribution < 1.29 is 45.4 Å². The molecule has 1 saturated heterocycles. The minimum atomic E-state index is -4.97. The van der Waals surface area contributed by atoms with E-state index in [0.29, 0.717) is 25.0 Å². The van der Waals surface area contributed by atoms with Gasteiger partial charge in [-0.1, -0.05) is 60.7 Å². The molecule has 1 aliphatic rings. The number of nitrogens with one attached hydrogen (secondary N) is 4.